The van der Waals surface area contributed by atoms with Gasteiger partial charge in [0.15, 0.2) is 11.5 Å². The van der Waals surface area contributed by atoms with Gasteiger partial charge in [0.1, 0.15) is 17.3 Å². The number of alkyl halides is 2. The average molecular weight is 462 g/mol. The number of amides is 1. The zero-order valence-corrected chi connectivity index (χ0v) is 18.7. The van der Waals surface area contributed by atoms with Crippen molar-refractivity contribution >= 4 is 11.7 Å². The molecule has 1 aliphatic heterocycles. The lowest BCUT2D eigenvalue weighted by molar-refractivity contribution is -0.119. The molecule has 8 nitrogen and oxygen atoms in total. The van der Waals surface area contributed by atoms with Crippen LogP contribution in [0.25, 0.3) is 0 Å². The van der Waals surface area contributed by atoms with E-state index in [1.807, 2.05) is 0 Å². The summed E-state index contributed by atoms with van der Waals surface area (Å²) >= 11 is 0. The smallest absolute Gasteiger partial charge is 0.272 e. The quantitative estimate of drug-likeness (QED) is 0.672. The van der Waals surface area contributed by atoms with Crippen LogP contribution >= 0.6 is 0 Å². The number of nitrogens with two attached hydrogens (primary N) is 1. The van der Waals surface area contributed by atoms with Gasteiger partial charge in [-0.25, -0.2) is 18.7 Å². The lowest BCUT2D eigenvalue weighted by Crippen LogP contribution is -2.38. The molecule has 1 amide bonds. The molecule has 2 aliphatic rings. The number of hydrogen-bond acceptors (Lipinski definition) is 7. The van der Waals surface area contributed by atoms with Crippen LogP contribution in [0.1, 0.15) is 47.7 Å². The van der Waals surface area contributed by atoms with Gasteiger partial charge >= 0.3 is 0 Å². The molecule has 33 heavy (non-hydrogen) atoms. The van der Waals surface area contributed by atoms with E-state index in [1.54, 1.807) is 24.3 Å². The minimum absolute atomic E-state index is 0.165. The fourth-order valence-electron chi connectivity index (χ4n) is 4.42. The first-order chi connectivity index (χ1) is 15.8. The molecular formula is C23H28F2N4O4. The van der Waals surface area contributed by atoms with E-state index >= 15 is 0 Å². The number of ether oxygens (including phenoxy) is 3. The zero-order chi connectivity index (χ0) is 23.6. The van der Waals surface area contributed by atoms with E-state index in [9.17, 15) is 13.6 Å². The van der Waals surface area contributed by atoms with Gasteiger partial charge in [-0.05, 0) is 18.8 Å². The highest BCUT2D eigenvalue weighted by Crippen LogP contribution is 2.43. The molecule has 3 heterocycles. The molecule has 178 valence electrons. The van der Waals surface area contributed by atoms with Crippen LogP contribution in [0, 0.1) is 5.92 Å². The van der Waals surface area contributed by atoms with E-state index in [4.69, 9.17) is 19.9 Å². The number of methoxy groups -OCH3 is 2. The number of nitrogens with zero attached hydrogens (tertiary/aromatic N) is 3. The van der Waals surface area contributed by atoms with Crippen molar-refractivity contribution in [3.8, 4) is 17.2 Å². The number of hydrogen-bond donors (Lipinski definition) is 1. The van der Waals surface area contributed by atoms with Gasteiger partial charge in [0.25, 0.3) is 5.91 Å². The Kier molecular flexibility index (Phi) is 6.53. The molecule has 2 fully saturated rings. The van der Waals surface area contributed by atoms with Gasteiger partial charge < -0.3 is 24.8 Å². The highest BCUT2D eigenvalue weighted by atomic mass is 19.3. The van der Waals surface area contributed by atoms with E-state index in [0.29, 0.717) is 36.2 Å². The molecule has 2 N–H and O–H groups in total. The van der Waals surface area contributed by atoms with Crippen molar-refractivity contribution in [2.45, 2.75) is 37.5 Å². The van der Waals surface area contributed by atoms with Crippen LogP contribution in [0.15, 0.2) is 24.5 Å². The molecule has 2 aromatic heterocycles. The molecule has 2 aromatic rings. The minimum atomic E-state index is -2.59. The molecule has 10 heteroatoms. The Labute approximate surface area is 191 Å². The van der Waals surface area contributed by atoms with Crippen molar-refractivity contribution in [2.24, 2.45) is 5.92 Å². The van der Waals surface area contributed by atoms with Gasteiger partial charge in [-0.1, -0.05) is 0 Å². The van der Waals surface area contributed by atoms with Crippen molar-refractivity contribution in [3.63, 3.8) is 0 Å². The van der Waals surface area contributed by atoms with Gasteiger partial charge in [-0.2, -0.15) is 0 Å². The van der Waals surface area contributed by atoms with Crippen LogP contribution in [-0.2, 0) is 0 Å². The van der Waals surface area contributed by atoms with E-state index in [0.717, 1.165) is 18.4 Å². The van der Waals surface area contributed by atoms with Crippen molar-refractivity contribution in [2.75, 3.05) is 39.6 Å². The number of likely N-dealkylation sites (tertiary alicyclic amines) is 1. The molecule has 0 unspecified atom stereocenters. The highest BCUT2D eigenvalue weighted by molar-refractivity contribution is 5.93. The SMILES string of the molecule is COc1cc(C(=O)N2CCC(c3cnc(N)cc3OC)CC2)ncc1OCC1CC(F)(F)C1. The second kappa shape index (κ2) is 9.36. The van der Waals surface area contributed by atoms with Gasteiger partial charge in [-0.3, -0.25) is 4.79 Å². The van der Waals surface area contributed by atoms with Crippen LogP contribution < -0.4 is 19.9 Å². The lowest BCUT2D eigenvalue weighted by Gasteiger charge is -2.34. The molecule has 0 bridgehead atoms. The Hall–Kier alpha value is -3.17. The Morgan fingerprint density at radius 1 is 1.09 bits per heavy atom. The van der Waals surface area contributed by atoms with Crippen LogP contribution in [0.3, 0.4) is 0 Å². The molecule has 1 aliphatic carbocycles. The van der Waals surface area contributed by atoms with Gasteiger partial charge in [0.2, 0.25) is 5.92 Å². The third kappa shape index (κ3) is 5.09. The molecule has 0 atom stereocenters. The fourth-order valence-corrected chi connectivity index (χ4v) is 4.42. The van der Waals surface area contributed by atoms with Crippen LogP contribution in [0.2, 0.25) is 0 Å². The van der Waals surface area contributed by atoms with Crippen molar-refractivity contribution in [1.29, 1.82) is 0 Å². The maximum atomic E-state index is 13.0. The summed E-state index contributed by atoms with van der Waals surface area (Å²) in [5, 5.41) is 0. The second-order valence-electron chi connectivity index (χ2n) is 8.58. The van der Waals surface area contributed by atoms with Crippen molar-refractivity contribution < 1.29 is 27.8 Å². The summed E-state index contributed by atoms with van der Waals surface area (Å²) in [6, 6.07) is 3.25. The minimum Gasteiger partial charge on any atom is -0.496 e. The first-order valence-corrected chi connectivity index (χ1v) is 10.9. The fraction of sp³-hybridized carbons (Fsp3) is 0.522. The summed E-state index contributed by atoms with van der Waals surface area (Å²) in [7, 11) is 3.07. The number of carbonyl (C=O) groups excluding carboxylic acids is 1. The number of rotatable bonds is 7. The van der Waals surface area contributed by atoms with Crippen LogP contribution in [0.4, 0.5) is 14.6 Å². The Morgan fingerprint density at radius 2 is 1.79 bits per heavy atom. The van der Waals surface area contributed by atoms with Crippen LogP contribution in [-0.4, -0.2) is 60.6 Å². The number of piperidine rings is 1. The molecule has 1 saturated heterocycles. The first-order valence-electron chi connectivity index (χ1n) is 10.9. The van der Waals surface area contributed by atoms with Gasteiger partial charge in [-0.15, -0.1) is 0 Å². The normalized spacial score (nSPS) is 18.5. The predicted molar refractivity (Wildman–Crippen MR) is 117 cm³/mol. The number of halogens is 2. The van der Waals surface area contributed by atoms with Crippen molar-refractivity contribution in [1.82, 2.24) is 14.9 Å². The third-order valence-corrected chi connectivity index (χ3v) is 6.28. The summed E-state index contributed by atoms with van der Waals surface area (Å²) < 4.78 is 42.4. The van der Waals surface area contributed by atoms with E-state index < -0.39 is 5.92 Å². The monoisotopic (exact) mass is 462 g/mol. The Bertz CT molecular complexity index is 1000. The largest absolute Gasteiger partial charge is 0.496 e. The number of anilines is 1. The number of pyridine rings is 2. The van der Waals surface area contributed by atoms with Gasteiger partial charge in [0, 0.05) is 55.7 Å². The molecule has 1 saturated carbocycles. The average Bonchev–Trinajstić information content (AvgIpc) is 2.80. The maximum absolute atomic E-state index is 13.0. The first kappa shape index (κ1) is 23.0. The second-order valence-corrected chi connectivity index (χ2v) is 8.58. The molecule has 4 rings (SSSR count). The summed E-state index contributed by atoms with van der Waals surface area (Å²) in [5.41, 5.74) is 6.99. The Morgan fingerprint density at radius 3 is 2.42 bits per heavy atom. The number of nitrogen functional groups attached to an aromatic ring is 1. The lowest BCUT2D eigenvalue weighted by atomic mass is 9.82. The predicted octanol–water partition coefficient (Wildman–Crippen LogP) is 3.52. The summed E-state index contributed by atoms with van der Waals surface area (Å²) in [6.07, 6.45) is 4.34. The van der Waals surface area contributed by atoms with Gasteiger partial charge in [0.05, 0.1) is 27.0 Å². The number of aromatic nitrogens is 2. The molecular weight excluding hydrogens is 434 g/mol. The third-order valence-electron chi connectivity index (χ3n) is 6.28. The van der Waals surface area contributed by atoms with Crippen molar-refractivity contribution in [3.05, 3.63) is 35.8 Å². The van der Waals surface area contributed by atoms with E-state index in [2.05, 4.69) is 9.97 Å². The molecule has 0 radical (unpaired) electrons. The van der Waals surface area contributed by atoms with Crippen LogP contribution in [0.5, 0.6) is 17.2 Å². The zero-order valence-electron chi connectivity index (χ0n) is 18.7. The summed E-state index contributed by atoms with van der Waals surface area (Å²) in [6.45, 7) is 1.29. The topological polar surface area (TPSA) is 99.8 Å². The molecule has 0 spiro atoms. The van der Waals surface area contributed by atoms with E-state index in [1.165, 1.54) is 19.4 Å². The summed E-state index contributed by atoms with van der Waals surface area (Å²) in [4.78, 5) is 23.2. The maximum Gasteiger partial charge on any atom is 0.272 e. The summed E-state index contributed by atoms with van der Waals surface area (Å²) in [5.74, 6) is -0.954. The standard InChI is InChI=1S/C23H28F2N4O4/c1-31-18-8-21(26)28-11-16(18)15-3-5-29(6-4-15)22(30)17-7-19(32-2)20(12-27-17)33-13-14-9-23(24,25)10-14/h7-8,11-12,14-15H,3-6,9-10,13H2,1-2H3,(H2,26,28). The Balaban J connectivity index is 1.36. The number of carbonyl (C=O) groups is 1. The van der Waals surface area contributed by atoms with E-state index in [-0.39, 0.29) is 42.9 Å². The highest BCUT2D eigenvalue weighted by Gasteiger charge is 2.45. The molecule has 0 aromatic carbocycles.